The fourth-order valence-electron chi connectivity index (χ4n) is 1.61. The molecule has 0 saturated heterocycles. The normalized spacial score (nSPS) is 10.6. The maximum atomic E-state index is 4.25. The second-order valence-electron chi connectivity index (χ2n) is 3.33. The molecule has 0 spiro atoms. The van der Waals surface area contributed by atoms with Crippen molar-refractivity contribution in [1.29, 1.82) is 0 Å². The van der Waals surface area contributed by atoms with Crippen LogP contribution in [0.15, 0.2) is 31.1 Å². The molecule has 7 nitrogen and oxygen atoms in total. The number of rotatable bonds is 2. The van der Waals surface area contributed by atoms with Crippen LogP contribution >= 0.6 is 0 Å². The molecule has 0 fully saturated rings. The fourth-order valence-corrected chi connectivity index (χ4v) is 1.61. The van der Waals surface area contributed by atoms with Crippen LogP contribution in [-0.2, 0) is 0 Å². The van der Waals surface area contributed by atoms with Gasteiger partial charge in [0.05, 0.1) is 17.8 Å². The van der Waals surface area contributed by atoms with Crippen molar-refractivity contribution < 1.29 is 0 Å². The van der Waals surface area contributed by atoms with E-state index in [9.17, 15) is 0 Å². The predicted molar refractivity (Wildman–Crippen MR) is 61.8 cm³/mol. The first kappa shape index (κ1) is 9.64. The largest absolute Gasteiger partial charge is 0.372 e. The Morgan fingerprint density at radius 1 is 1.12 bits per heavy atom. The standard InChI is InChI=1S/C10H9N7/c1-11-9-7-4-16-17(10(7)15-6-14-9)8-5-12-2-3-13-8/h2-6H,1H3,(H,11,14,15). The smallest absolute Gasteiger partial charge is 0.174 e. The number of nitrogens with zero attached hydrogens (tertiary/aromatic N) is 6. The van der Waals surface area contributed by atoms with Gasteiger partial charge in [0.1, 0.15) is 12.1 Å². The second-order valence-corrected chi connectivity index (χ2v) is 3.33. The van der Waals surface area contributed by atoms with Gasteiger partial charge in [-0.15, -0.1) is 0 Å². The Hall–Kier alpha value is -2.57. The first-order valence-corrected chi connectivity index (χ1v) is 5.03. The topological polar surface area (TPSA) is 81.4 Å². The fraction of sp³-hybridized carbons (Fsp3) is 0.100. The van der Waals surface area contributed by atoms with Gasteiger partial charge in [-0.05, 0) is 0 Å². The lowest BCUT2D eigenvalue weighted by molar-refractivity contribution is 0.852. The van der Waals surface area contributed by atoms with Gasteiger partial charge in [0.2, 0.25) is 0 Å². The molecule has 3 aromatic rings. The molecule has 0 amide bonds. The van der Waals surface area contributed by atoms with E-state index in [-0.39, 0.29) is 0 Å². The van der Waals surface area contributed by atoms with Gasteiger partial charge in [-0.25, -0.2) is 15.0 Å². The van der Waals surface area contributed by atoms with Crippen LogP contribution in [0.25, 0.3) is 16.9 Å². The highest BCUT2D eigenvalue weighted by Crippen LogP contribution is 2.19. The lowest BCUT2D eigenvalue weighted by Crippen LogP contribution is -2.01. The first-order chi connectivity index (χ1) is 8.40. The predicted octanol–water partition coefficient (Wildman–Crippen LogP) is 0.647. The highest BCUT2D eigenvalue weighted by atomic mass is 15.3. The van der Waals surface area contributed by atoms with Crippen molar-refractivity contribution >= 4 is 16.9 Å². The molecule has 0 aliphatic carbocycles. The molecule has 0 aliphatic rings. The van der Waals surface area contributed by atoms with Crippen molar-refractivity contribution in [3.63, 3.8) is 0 Å². The zero-order valence-corrected chi connectivity index (χ0v) is 9.07. The summed E-state index contributed by atoms with van der Waals surface area (Å²) >= 11 is 0. The number of hydrogen-bond acceptors (Lipinski definition) is 6. The number of anilines is 1. The molecule has 3 heterocycles. The van der Waals surface area contributed by atoms with Crippen molar-refractivity contribution in [2.45, 2.75) is 0 Å². The van der Waals surface area contributed by atoms with E-state index in [4.69, 9.17) is 0 Å². The Balaban J connectivity index is 2.26. The molecule has 0 bridgehead atoms. The maximum Gasteiger partial charge on any atom is 0.174 e. The summed E-state index contributed by atoms with van der Waals surface area (Å²) in [5.74, 6) is 1.37. The zero-order valence-electron chi connectivity index (χ0n) is 9.07. The highest BCUT2D eigenvalue weighted by molar-refractivity contribution is 5.86. The van der Waals surface area contributed by atoms with Crippen molar-refractivity contribution in [2.75, 3.05) is 12.4 Å². The van der Waals surface area contributed by atoms with Crippen LogP contribution in [0.3, 0.4) is 0 Å². The Kier molecular flexibility index (Phi) is 2.14. The van der Waals surface area contributed by atoms with E-state index in [0.29, 0.717) is 11.5 Å². The molecule has 0 aromatic carbocycles. The molecule has 0 unspecified atom stereocenters. The van der Waals surface area contributed by atoms with Crippen LogP contribution < -0.4 is 5.32 Å². The lowest BCUT2D eigenvalue weighted by Gasteiger charge is -2.01. The lowest BCUT2D eigenvalue weighted by atomic mass is 10.4. The molecule has 0 radical (unpaired) electrons. The molecule has 1 N–H and O–H groups in total. The van der Waals surface area contributed by atoms with Crippen LogP contribution in [0, 0.1) is 0 Å². The third kappa shape index (κ3) is 1.48. The minimum absolute atomic E-state index is 0.628. The molecule has 17 heavy (non-hydrogen) atoms. The second kappa shape index (κ2) is 3.78. The van der Waals surface area contributed by atoms with Gasteiger partial charge < -0.3 is 5.32 Å². The molecule has 0 atom stereocenters. The summed E-state index contributed by atoms with van der Waals surface area (Å²) in [5.41, 5.74) is 0.699. The zero-order chi connectivity index (χ0) is 11.7. The van der Waals surface area contributed by atoms with E-state index < -0.39 is 0 Å². The van der Waals surface area contributed by atoms with Crippen molar-refractivity contribution in [3.8, 4) is 5.82 Å². The van der Waals surface area contributed by atoms with Crippen molar-refractivity contribution in [3.05, 3.63) is 31.1 Å². The van der Waals surface area contributed by atoms with Crippen molar-refractivity contribution in [2.24, 2.45) is 0 Å². The van der Waals surface area contributed by atoms with E-state index >= 15 is 0 Å². The molecule has 0 saturated carbocycles. The SMILES string of the molecule is CNc1ncnc2c1cnn2-c1cnccn1. The first-order valence-electron chi connectivity index (χ1n) is 5.03. The monoisotopic (exact) mass is 227 g/mol. The summed E-state index contributed by atoms with van der Waals surface area (Å²) in [4.78, 5) is 16.5. The molecular formula is C10H9N7. The van der Waals surface area contributed by atoms with Crippen LogP contribution in [0.1, 0.15) is 0 Å². The van der Waals surface area contributed by atoms with Gasteiger partial charge in [0.25, 0.3) is 0 Å². The van der Waals surface area contributed by atoms with Crippen LogP contribution in [0.2, 0.25) is 0 Å². The molecule has 3 aromatic heterocycles. The van der Waals surface area contributed by atoms with E-state index in [1.165, 1.54) is 6.33 Å². The van der Waals surface area contributed by atoms with Gasteiger partial charge in [-0.2, -0.15) is 9.78 Å². The van der Waals surface area contributed by atoms with Crippen LogP contribution in [0.5, 0.6) is 0 Å². The molecule has 7 heteroatoms. The number of aromatic nitrogens is 6. The van der Waals surface area contributed by atoms with Crippen molar-refractivity contribution in [1.82, 2.24) is 29.7 Å². The summed E-state index contributed by atoms with van der Waals surface area (Å²) in [6.07, 6.45) is 8.05. The van der Waals surface area contributed by atoms with Gasteiger partial charge in [-0.3, -0.25) is 4.98 Å². The van der Waals surface area contributed by atoms with E-state index in [2.05, 4.69) is 30.4 Å². The minimum atomic E-state index is 0.628. The van der Waals surface area contributed by atoms with Gasteiger partial charge in [0.15, 0.2) is 11.5 Å². The van der Waals surface area contributed by atoms with E-state index in [1.54, 1.807) is 36.5 Å². The number of nitrogens with one attached hydrogen (secondary N) is 1. The summed E-state index contributed by atoms with van der Waals surface area (Å²) in [6, 6.07) is 0. The van der Waals surface area contributed by atoms with Crippen LogP contribution in [0.4, 0.5) is 5.82 Å². The Morgan fingerprint density at radius 3 is 2.82 bits per heavy atom. The van der Waals surface area contributed by atoms with Crippen LogP contribution in [-0.4, -0.2) is 36.8 Å². The highest BCUT2D eigenvalue weighted by Gasteiger charge is 2.10. The average Bonchev–Trinajstić information content (AvgIpc) is 2.83. The number of hydrogen-bond donors (Lipinski definition) is 1. The van der Waals surface area contributed by atoms with E-state index in [0.717, 1.165) is 11.2 Å². The summed E-state index contributed by atoms with van der Waals surface area (Å²) < 4.78 is 1.63. The maximum absolute atomic E-state index is 4.25. The molecule has 0 aliphatic heterocycles. The summed E-state index contributed by atoms with van der Waals surface area (Å²) in [7, 11) is 1.81. The summed E-state index contributed by atoms with van der Waals surface area (Å²) in [6.45, 7) is 0. The van der Waals surface area contributed by atoms with Gasteiger partial charge >= 0.3 is 0 Å². The Morgan fingerprint density at radius 2 is 2.06 bits per heavy atom. The minimum Gasteiger partial charge on any atom is -0.372 e. The number of fused-ring (bicyclic) bond motifs is 1. The van der Waals surface area contributed by atoms with Gasteiger partial charge in [0, 0.05) is 19.4 Å². The molecule has 84 valence electrons. The Labute approximate surface area is 96.6 Å². The molecular weight excluding hydrogens is 218 g/mol. The van der Waals surface area contributed by atoms with E-state index in [1.807, 2.05) is 0 Å². The summed E-state index contributed by atoms with van der Waals surface area (Å²) in [5, 5.41) is 8.09. The Bertz CT molecular complexity index is 646. The quantitative estimate of drug-likeness (QED) is 0.692. The van der Waals surface area contributed by atoms with Gasteiger partial charge in [-0.1, -0.05) is 0 Å². The third-order valence-corrected chi connectivity index (χ3v) is 2.37. The third-order valence-electron chi connectivity index (χ3n) is 2.37. The average molecular weight is 227 g/mol. The molecule has 3 rings (SSSR count).